The zero-order valence-electron chi connectivity index (χ0n) is 15.9. The Bertz CT molecular complexity index is 693. The number of cyclic esters (lactones) is 1. The maximum Gasteiger partial charge on any atom is 0.377 e. The van der Waals surface area contributed by atoms with Crippen molar-refractivity contribution in [2.75, 3.05) is 13.7 Å². The first-order valence-electron chi connectivity index (χ1n) is 8.47. The lowest BCUT2D eigenvalue weighted by molar-refractivity contribution is -0.142. The van der Waals surface area contributed by atoms with Crippen LogP contribution in [-0.2, 0) is 27.9 Å². The fraction of sp³-hybridized carbons (Fsp3) is 0.556. The molecule has 0 aromatic rings. The number of hydrogen-bond acceptors (Lipinski definition) is 8. The molecule has 1 heterocycles. The minimum Gasteiger partial charge on any atom is -0.505 e. The molecular weight excluding hydrogens is 375 g/mol. The lowest BCUT2D eigenvalue weighted by Crippen LogP contribution is -2.37. The quantitative estimate of drug-likeness (QED) is 0.471. The molecule has 150 valence electrons. The number of hydrogen-bond donors (Lipinski definition) is 2. The molecule has 2 N–H and O–H groups in total. The van der Waals surface area contributed by atoms with E-state index in [4.69, 9.17) is 18.3 Å². The third-order valence-electron chi connectivity index (χ3n) is 4.62. The Morgan fingerprint density at radius 2 is 2.04 bits per heavy atom. The van der Waals surface area contributed by atoms with Crippen molar-refractivity contribution in [3.05, 3.63) is 35.3 Å². The van der Waals surface area contributed by atoms with Gasteiger partial charge in [-0.05, 0) is 29.9 Å². The van der Waals surface area contributed by atoms with E-state index < -0.39 is 38.3 Å². The molecule has 0 aromatic heterocycles. The van der Waals surface area contributed by atoms with Crippen LogP contribution in [0.4, 0.5) is 0 Å². The van der Waals surface area contributed by atoms with Crippen LogP contribution in [0.5, 0.6) is 0 Å². The topological polar surface area (TPSA) is 112 Å². The first-order valence-corrected chi connectivity index (χ1v) is 9.57. The van der Waals surface area contributed by atoms with Crippen molar-refractivity contribution in [1.29, 1.82) is 0 Å². The van der Waals surface area contributed by atoms with Crippen molar-refractivity contribution < 1.29 is 38.1 Å². The van der Waals surface area contributed by atoms with Crippen molar-refractivity contribution in [3.8, 4) is 0 Å². The number of rotatable bonds is 8. The Morgan fingerprint density at radius 1 is 1.37 bits per heavy atom. The lowest BCUT2D eigenvalue weighted by Gasteiger charge is -2.37. The molecule has 9 heteroatoms. The summed E-state index contributed by atoms with van der Waals surface area (Å²) >= 11 is 0. The lowest BCUT2D eigenvalue weighted by atomic mass is 9.71. The third kappa shape index (κ3) is 4.58. The molecule has 1 aliphatic heterocycles. The zero-order valence-corrected chi connectivity index (χ0v) is 16.7. The molecule has 0 fully saturated rings. The maximum atomic E-state index is 12.6. The van der Waals surface area contributed by atoms with Crippen LogP contribution in [0.3, 0.4) is 0 Å². The molecule has 1 aliphatic carbocycles. The van der Waals surface area contributed by atoms with Crippen LogP contribution in [0.1, 0.15) is 33.6 Å². The van der Waals surface area contributed by atoms with Gasteiger partial charge in [-0.25, -0.2) is 4.79 Å². The third-order valence-corrected chi connectivity index (χ3v) is 5.74. The van der Waals surface area contributed by atoms with Gasteiger partial charge in [0, 0.05) is 13.5 Å². The number of esters is 1. The Hall–Kier alpha value is -1.73. The molecule has 3 unspecified atom stereocenters. The van der Waals surface area contributed by atoms with E-state index in [0.29, 0.717) is 12.0 Å². The van der Waals surface area contributed by atoms with Crippen LogP contribution >= 0.6 is 8.60 Å². The Kier molecular flexibility index (Phi) is 6.81. The van der Waals surface area contributed by atoms with Crippen molar-refractivity contribution >= 4 is 20.4 Å². The zero-order chi connectivity index (χ0) is 20.4. The molecule has 0 bridgehead atoms. The van der Waals surface area contributed by atoms with Gasteiger partial charge < -0.3 is 28.5 Å². The van der Waals surface area contributed by atoms with E-state index in [1.807, 2.05) is 13.8 Å². The highest BCUT2D eigenvalue weighted by Gasteiger charge is 2.40. The van der Waals surface area contributed by atoms with E-state index in [1.54, 1.807) is 13.0 Å². The van der Waals surface area contributed by atoms with Gasteiger partial charge >= 0.3 is 14.6 Å². The van der Waals surface area contributed by atoms with Gasteiger partial charge in [0.05, 0.1) is 6.61 Å². The van der Waals surface area contributed by atoms with Gasteiger partial charge in [0.2, 0.25) is 5.76 Å². The smallest absolute Gasteiger partial charge is 0.377 e. The number of ether oxygens (including phenoxy) is 1. The predicted octanol–water partition coefficient (Wildman–Crippen LogP) is 3.41. The van der Waals surface area contributed by atoms with Crippen LogP contribution < -0.4 is 0 Å². The van der Waals surface area contributed by atoms with E-state index in [-0.39, 0.29) is 24.2 Å². The Morgan fingerprint density at radius 3 is 2.56 bits per heavy atom. The highest BCUT2D eigenvalue weighted by molar-refractivity contribution is 7.41. The van der Waals surface area contributed by atoms with E-state index in [1.165, 1.54) is 7.11 Å². The van der Waals surface area contributed by atoms with Gasteiger partial charge in [0.1, 0.15) is 6.10 Å². The first kappa shape index (κ1) is 21.6. The largest absolute Gasteiger partial charge is 0.505 e. The van der Waals surface area contributed by atoms with Crippen molar-refractivity contribution in [3.63, 3.8) is 0 Å². The van der Waals surface area contributed by atoms with Crippen LogP contribution in [0.2, 0.25) is 0 Å². The average molecular weight is 400 g/mol. The normalized spacial score (nSPS) is 26.4. The molecule has 0 radical (unpaired) electrons. The van der Waals surface area contributed by atoms with E-state index >= 15 is 0 Å². The first-order chi connectivity index (χ1) is 12.6. The second-order valence-electron chi connectivity index (χ2n) is 6.94. The molecule has 0 amide bonds. The number of Topliss-reactive ketones (excluding diaryl/α,β-unsaturated/α-hetero) is 1. The summed E-state index contributed by atoms with van der Waals surface area (Å²) in [6.45, 7) is 9.61. The number of carbonyl (C=O) groups is 2. The number of aliphatic hydroxyl groups is 2. The monoisotopic (exact) mass is 400 g/mol. The van der Waals surface area contributed by atoms with Gasteiger partial charge in [-0.1, -0.05) is 26.5 Å². The summed E-state index contributed by atoms with van der Waals surface area (Å²) in [5, 5.41) is 18.9. The summed E-state index contributed by atoms with van der Waals surface area (Å²) in [6.07, 6.45) is 0.611. The number of carbonyl (C=O) groups excluding carboxylic acids is 2. The minimum absolute atomic E-state index is 0.0336. The van der Waals surface area contributed by atoms with Gasteiger partial charge in [-0.15, -0.1) is 0 Å². The van der Waals surface area contributed by atoms with Crippen LogP contribution in [0.25, 0.3) is 0 Å². The summed E-state index contributed by atoms with van der Waals surface area (Å²) in [5.41, 5.74) is 1.24. The molecule has 27 heavy (non-hydrogen) atoms. The van der Waals surface area contributed by atoms with Crippen molar-refractivity contribution in [2.45, 2.75) is 45.8 Å². The average Bonchev–Trinajstić information content (AvgIpc) is 2.85. The second kappa shape index (κ2) is 8.52. The highest BCUT2D eigenvalue weighted by Crippen LogP contribution is 2.47. The summed E-state index contributed by atoms with van der Waals surface area (Å²) in [4.78, 5) is 23.7. The molecule has 2 rings (SSSR count). The molecule has 0 spiro atoms. The molecule has 2 aliphatic rings. The highest BCUT2D eigenvalue weighted by atomic mass is 31.2. The van der Waals surface area contributed by atoms with Crippen molar-refractivity contribution in [2.24, 2.45) is 5.41 Å². The maximum absolute atomic E-state index is 12.6. The van der Waals surface area contributed by atoms with Gasteiger partial charge in [0.25, 0.3) is 0 Å². The van der Waals surface area contributed by atoms with E-state index in [9.17, 15) is 19.8 Å². The number of aliphatic hydroxyl groups excluding tert-OH is 2. The van der Waals surface area contributed by atoms with Gasteiger partial charge in [0.15, 0.2) is 17.6 Å². The van der Waals surface area contributed by atoms with Crippen LogP contribution in [0, 0.1) is 5.41 Å². The van der Waals surface area contributed by atoms with Crippen LogP contribution in [0.15, 0.2) is 35.3 Å². The predicted molar refractivity (Wildman–Crippen MR) is 97.8 cm³/mol. The SMILES string of the molecule is C=CC1=C(C)C(=O)C(OP(OC)OCCC2OC(=O)C(O)=C2O)CC1(C)C. The Balaban J connectivity index is 1.94. The fourth-order valence-corrected chi connectivity index (χ4v) is 4.11. The number of ketones is 1. The molecular formula is C18H25O8P. The van der Waals surface area contributed by atoms with Crippen LogP contribution in [-0.4, -0.2) is 47.9 Å². The van der Waals surface area contributed by atoms with Gasteiger partial charge in [-0.2, -0.15) is 0 Å². The standard InChI is InChI=1S/C18H25O8P/c1-6-11-10(2)14(19)13(9-18(11,3)4)26-27(23-5)24-8-7-12-15(20)16(21)17(22)25-12/h6,12-13,20-21H,1,7-9H2,2-5H3. The van der Waals surface area contributed by atoms with E-state index in [2.05, 4.69) is 6.58 Å². The van der Waals surface area contributed by atoms with Gasteiger partial charge in [-0.3, -0.25) is 4.79 Å². The molecule has 0 saturated heterocycles. The van der Waals surface area contributed by atoms with E-state index in [0.717, 1.165) is 5.57 Å². The second-order valence-corrected chi connectivity index (χ2v) is 8.23. The molecule has 0 saturated carbocycles. The fourth-order valence-electron chi connectivity index (χ4n) is 3.22. The molecule has 0 aromatic carbocycles. The number of allylic oxidation sites excluding steroid dienone is 2. The van der Waals surface area contributed by atoms with Crippen molar-refractivity contribution in [1.82, 2.24) is 0 Å². The summed E-state index contributed by atoms with van der Waals surface area (Å²) in [6, 6.07) is 0. The summed E-state index contributed by atoms with van der Waals surface area (Å²) in [5.74, 6) is -2.42. The summed E-state index contributed by atoms with van der Waals surface area (Å²) < 4.78 is 21.3. The minimum atomic E-state index is -1.81. The summed E-state index contributed by atoms with van der Waals surface area (Å²) in [7, 11) is -0.410. The Labute approximate surface area is 159 Å². The molecule has 8 nitrogen and oxygen atoms in total. The molecule has 3 atom stereocenters.